The Bertz CT molecular complexity index is 374. The Labute approximate surface area is 178 Å². The van der Waals surface area contributed by atoms with Gasteiger partial charge >= 0.3 is 29.6 Å². The van der Waals surface area contributed by atoms with E-state index in [9.17, 15) is 18.1 Å². The van der Waals surface area contributed by atoms with Crippen LogP contribution in [0, 0.1) is 0 Å². The van der Waals surface area contributed by atoms with Crippen molar-refractivity contribution >= 4 is 10.1 Å². The zero-order chi connectivity index (χ0) is 18.3. The van der Waals surface area contributed by atoms with Crippen molar-refractivity contribution in [1.29, 1.82) is 0 Å². The summed E-state index contributed by atoms with van der Waals surface area (Å²) < 4.78 is 33.7. The first kappa shape index (κ1) is 28.1. The van der Waals surface area contributed by atoms with E-state index in [0.717, 1.165) is 77.0 Å². The molecule has 0 aliphatic rings. The average Bonchev–Trinajstić information content (AvgIpc) is 2.52. The van der Waals surface area contributed by atoms with Crippen molar-refractivity contribution in [1.82, 2.24) is 0 Å². The topological polar surface area (TPSA) is 77.4 Å². The summed E-state index contributed by atoms with van der Waals surface area (Å²) in [7, 11) is -4.13. The van der Waals surface area contributed by atoms with Crippen LogP contribution < -0.4 is 29.6 Å². The second kappa shape index (κ2) is 18.2. The van der Waals surface area contributed by atoms with E-state index in [2.05, 4.69) is 6.92 Å². The van der Waals surface area contributed by atoms with Gasteiger partial charge in [0.25, 0.3) is 0 Å². The molecule has 4 nitrogen and oxygen atoms in total. The summed E-state index contributed by atoms with van der Waals surface area (Å²) in [6, 6.07) is 0. The standard InChI is InChI=1S/C19H40O4S.Na/c1-3-5-14-18(20)15-12-10-8-7-9-11-13-17-19(16-6-4-2)24(21,22)23;/h18-20H,3-17H2,1-2H3,(H,21,22,23);/q;+1/p-1. The Balaban J connectivity index is 0. The van der Waals surface area contributed by atoms with Crippen LogP contribution in [0.15, 0.2) is 0 Å². The van der Waals surface area contributed by atoms with Crippen molar-refractivity contribution < 1.29 is 47.6 Å². The quantitative estimate of drug-likeness (QED) is 0.236. The average molecular weight is 387 g/mol. The normalized spacial score (nSPS) is 14.1. The predicted octanol–water partition coefficient (Wildman–Crippen LogP) is 2.16. The summed E-state index contributed by atoms with van der Waals surface area (Å²) >= 11 is 0. The summed E-state index contributed by atoms with van der Waals surface area (Å²) in [5.74, 6) is 0. The van der Waals surface area contributed by atoms with Gasteiger partial charge in [-0.15, -0.1) is 0 Å². The van der Waals surface area contributed by atoms with Crippen molar-refractivity contribution in [2.75, 3.05) is 0 Å². The molecule has 2 atom stereocenters. The zero-order valence-electron chi connectivity index (χ0n) is 16.8. The van der Waals surface area contributed by atoms with E-state index in [1.165, 1.54) is 6.42 Å². The van der Waals surface area contributed by atoms with Crippen LogP contribution in [0.1, 0.15) is 110 Å². The number of unbranched alkanes of at least 4 members (excludes halogenated alkanes) is 8. The Hall–Kier alpha value is 0.870. The Morgan fingerprint density at radius 2 is 1.08 bits per heavy atom. The molecule has 0 rings (SSSR count). The van der Waals surface area contributed by atoms with Crippen LogP contribution in [0.5, 0.6) is 0 Å². The fourth-order valence-corrected chi connectivity index (χ4v) is 4.00. The number of rotatable bonds is 17. The largest absolute Gasteiger partial charge is 1.00 e. The molecular formula is C19H39NaO4S. The van der Waals surface area contributed by atoms with Crippen LogP contribution in [0.2, 0.25) is 0 Å². The van der Waals surface area contributed by atoms with Crippen molar-refractivity contribution in [2.45, 2.75) is 122 Å². The molecule has 0 fully saturated rings. The molecule has 0 aliphatic heterocycles. The van der Waals surface area contributed by atoms with Gasteiger partial charge in [0, 0.05) is 5.25 Å². The number of hydrogen-bond donors (Lipinski definition) is 1. The minimum absolute atomic E-state index is 0. The summed E-state index contributed by atoms with van der Waals surface area (Å²) in [5, 5.41) is 9.08. The molecule has 6 heteroatoms. The minimum atomic E-state index is -4.13. The molecular weight excluding hydrogens is 347 g/mol. The molecule has 0 spiro atoms. The Kier molecular flexibility index (Phi) is 20.5. The molecule has 0 heterocycles. The van der Waals surface area contributed by atoms with E-state index in [1.807, 2.05) is 6.92 Å². The van der Waals surface area contributed by atoms with Gasteiger partial charge in [0.1, 0.15) is 0 Å². The maximum Gasteiger partial charge on any atom is 1.00 e. The molecule has 0 aromatic rings. The van der Waals surface area contributed by atoms with E-state index in [-0.39, 0.29) is 35.7 Å². The van der Waals surface area contributed by atoms with Crippen molar-refractivity contribution in [2.24, 2.45) is 0 Å². The predicted molar refractivity (Wildman–Crippen MR) is 100 cm³/mol. The van der Waals surface area contributed by atoms with E-state index in [4.69, 9.17) is 0 Å². The van der Waals surface area contributed by atoms with Crippen molar-refractivity contribution in [3.8, 4) is 0 Å². The van der Waals surface area contributed by atoms with E-state index in [0.29, 0.717) is 12.8 Å². The third-order valence-electron chi connectivity index (χ3n) is 4.74. The van der Waals surface area contributed by atoms with Crippen molar-refractivity contribution in [3.05, 3.63) is 0 Å². The Morgan fingerprint density at radius 3 is 1.56 bits per heavy atom. The van der Waals surface area contributed by atoms with Gasteiger partial charge in [-0.2, -0.15) is 0 Å². The van der Waals surface area contributed by atoms with Crippen LogP contribution in [-0.4, -0.2) is 29.4 Å². The van der Waals surface area contributed by atoms with E-state index >= 15 is 0 Å². The molecule has 2 unspecified atom stereocenters. The molecule has 0 saturated heterocycles. The summed E-state index contributed by atoms with van der Waals surface area (Å²) in [6.07, 6.45) is 14.3. The number of aliphatic hydroxyl groups is 1. The number of aliphatic hydroxyl groups excluding tert-OH is 1. The van der Waals surface area contributed by atoms with Crippen LogP contribution in [0.25, 0.3) is 0 Å². The van der Waals surface area contributed by atoms with Crippen molar-refractivity contribution in [3.63, 3.8) is 0 Å². The summed E-state index contributed by atoms with van der Waals surface area (Å²) in [5.41, 5.74) is 0. The molecule has 0 saturated carbocycles. The molecule has 1 N–H and O–H groups in total. The Morgan fingerprint density at radius 1 is 0.720 bits per heavy atom. The van der Waals surface area contributed by atoms with Crippen LogP contribution in [-0.2, 0) is 10.1 Å². The van der Waals surface area contributed by atoms with Gasteiger partial charge in [0.2, 0.25) is 0 Å². The molecule has 0 aromatic carbocycles. The second-order valence-corrected chi connectivity index (χ2v) is 8.76. The monoisotopic (exact) mass is 386 g/mol. The first-order valence-electron chi connectivity index (χ1n) is 10.0. The van der Waals surface area contributed by atoms with E-state index < -0.39 is 15.4 Å². The molecule has 25 heavy (non-hydrogen) atoms. The first-order valence-corrected chi connectivity index (χ1v) is 11.5. The second-order valence-electron chi connectivity index (χ2n) is 7.11. The van der Waals surface area contributed by atoms with Gasteiger partial charge in [-0.1, -0.05) is 84.5 Å². The smallest absolute Gasteiger partial charge is 0.748 e. The van der Waals surface area contributed by atoms with Crippen LogP contribution >= 0.6 is 0 Å². The third-order valence-corrected chi connectivity index (χ3v) is 6.03. The van der Waals surface area contributed by atoms with Gasteiger partial charge < -0.3 is 9.66 Å². The van der Waals surface area contributed by atoms with Gasteiger partial charge in [-0.25, -0.2) is 8.42 Å². The van der Waals surface area contributed by atoms with Gasteiger partial charge in [-0.05, 0) is 25.7 Å². The van der Waals surface area contributed by atoms with Gasteiger partial charge in [0.05, 0.1) is 16.2 Å². The third kappa shape index (κ3) is 18.0. The number of hydrogen-bond acceptors (Lipinski definition) is 4. The maximum absolute atomic E-state index is 11.2. The summed E-state index contributed by atoms with van der Waals surface area (Å²) in [4.78, 5) is 0. The fourth-order valence-electron chi connectivity index (χ4n) is 3.08. The molecule has 0 amide bonds. The molecule has 0 bridgehead atoms. The van der Waals surface area contributed by atoms with Crippen LogP contribution in [0.4, 0.5) is 0 Å². The van der Waals surface area contributed by atoms with Gasteiger partial charge in [-0.3, -0.25) is 0 Å². The first-order chi connectivity index (χ1) is 11.4. The molecule has 0 aliphatic carbocycles. The summed E-state index contributed by atoms with van der Waals surface area (Å²) in [6.45, 7) is 4.16. The minimum Gasteiger partial charge on any atom is -0.748 e. The molecule has 0 radical (unpaired) electrons. The van der Waals surface area contributed by atoms with E-state index in [1.54, 1.807) is 0 Å². The fraction of sp³-hybridized carbons (Fsp3) is 1.00. The zero-order valence-corrected chi connectivity index (χ0v) is 19.7. The van der Waals surface area contributed by atoms with Gasteiger partial charge in [0.15, 0.2) is 0 Å². The maximum atomic E-state index is 11.2. The molecule has 0 aromatic heterocycles. The molecule has 146 valence electrons. The SMILES string of the molecule is CCCCC(O)CCCCCCCCCC(CCCC)S(=O)(=O)[O-].[Na+]. The van der Waals surface area contributed by atoms with Crippen LogP contribution in [0.3, 0.4) is 0 Å².